The number of hydrogen-bond acceptors (Lipinski definition) is 7. The average molecular weight is 422 g/mol. The summed E-state index contributed by atoms with van der Waals surface area (Å²) in [5.41, 5.74) is 1.67. The molecule has 2 N–H and O–H groups in total. The van der Waals surface area contributed by atoms with Crippen molar-refractivity contribution in [2.24, 2.45) is 4.99 Å². The minimum atomic E-state index is -0.331. The zero-order valence-electron chi connectivity index (χ0n) is 18.0. The summed E-state index contributed by atoms with van der Waals surface area (Å²) < 4.78 is 10.5. The van der Waals surface area contributed by atoms with Gasteiger partial charge in [0.05, 0.1) is 30.6 Å². The monoisotopic (exact) mass is 421 g/mol. The molecule has 2 rings (SSSR count). The van der Waals surface area contributed by atoms with E-state index in [1.54, 1.807) is 14.0 Å². The molecule has 0 amide bonds. The minimum Gasteiger partial charge on any atom is -0.462 e. The number of nitrogens with one attached hydrogen (secondary N) is 2. The number of aliphatic imine (C=N–C) groups is 1. The Morgan fingerprint density at radius 2 is 2.07 bits per heavy atom. The summed E-state index contributed by atoms with van der Waals surface area (Å²) in [4.78, 5) is 21.3. The maximum absolute atomic E-state index is 12.0. The van der Waals surface area contributed by atoms with Crippen LogP contribution >= 0.6 is 11.3 Å². The van der Waals surface area contributed by atoms with E-state index in [2.05, 4.69) is 39.6 Å². The highest BCUT2D eigenvalue weighted by atomic mass is 32.1. The maximum Gasteiger partial charge on any atom is 0.350 e. The quantitative estimate of drug-likeness (QED) is 0.359. The van der Waals surface area contributed by atoms with Crippen molar-refractivity contribution >= 4 is 23.3 Å². The third-order valence-corrected chi connectivity index (χ3v) is 5.95. The molecule has 0 aliphatic heterocycles. The molecule has 160 valence electrons. The van der Waals surface area contributed by atoms with Gasteiger partial charge in [0.25, 0.3) is 0 Å². The Morgan fingerprint density at radius 1 is 1.34 bits per heavy atom. The first-order chi connectivity index (χ1) is 13.9. The lowest BCUT2D eigenvalue weighted by Gasteiger charge is -2.15. The lowest BCUT2D eigenvalue weighted by Crippen LogP contribution is -2.38. The molecule has 0 aliphatic carbocycles. The minimum absolute atomic E-state index is 0.122. The van der Waals surface area contributed by atoms with Gasteiger partial charge in [-0.3, -0.25) is 4.99 Å². The standard InChI is InChI=1S/C20H31N5O3S/c1-7-14(8-2)16-10-15(28-25-16)11-22-20(21-6)24-13(5)18-23-12(4)17(29-18)19(26)27-9-3/h10,13-14H,7-9,11H2,1-6H3,(H2,21,22,24). The van der Waals surface area contributed by atoms with Crippen molar-refractivity contribution in [2.45, 2.75) is 66.0 Å². The molecule has 29 heavy (non-hydrogen) atoms. The number of hydrogen-bond donors (Lipinski definition) is 2. The topological polar surface area (TPSA) is 102 Å². The van der Waals surface area contributed by atoms with Crippen LogP contribution in [0.15, 0.2) is 15.6 Å². The second-order valence-electron chi connectivity index (χ2n) is 6.71. The number of nitrogens with zero attached hydrogens (tertiary/aromatic N) is 3. The molecule has 1 atom stereocenters. The molecule has 0 radical (unpaired) electrons. The molecule has 0 saturated carbocycles. The van der Waals surface area contributed by atoms with Gasteiger partial charge in [0, 0.05) is 19.0 Å². The average Bonchev–Trinajstić information content (AvgIpc) is 3.33. The Morgan fingerprint density at radius 3 is 2.69 bits per heavy atom. The van der Waals surface area contributed by atoms with Crippen LogP contribution in [0, 0.1) is 6.92 Å². The third kappa shape index (κ3) is 6.03. The van der Waals surface area contributed by atoms with Crippen LogP contribution in [0.5, 0.6) is 0 Å². The van der Waals surface area contributed by atoms with Crippen LogP contribution in [0.1, 0.15) is 84.3 Å². The fourth-order valence-corrected chi connectivity index (χ4v) is 3.90. The summed E-state index contributed by atoms with van der Waals surface area (Å²) >= 11 is 1.33. The molecule has 9 heteroatoms. The van der Waals surface area contributed by atoms with E-state index in [0.717, 1.165) is 29.3 Å². The predicted molar refractivity (Wildman–Crippen MR) is 114 cm³/mol. The zero-order chi connectivity index (χ0) is 21.4. The Labute approximate surface area is 176 Å². The normalized spacial score (nSPS) is 12.9. The summed E-state index contributed by atoms with van der Waals surface area (Å²) in [6, 6.07) is 1.87. The van der Waals surface area contributed by atoms with E-state index in [4.69, 9.17) is 9.26 Å². The van der Waals surface area contributed by atoms with Crippen molar-refractivity contribution < 1.29 is 14.1 Å². The molecule has 0 fully saturated rings. The van der Waals surface area contributed by atoms with Crippen LogP contribution in [0.3, 0.4) is 0 Å². The highest BCUT2D eigenvalue weighted by Crippen LogP contribution is 2.24. The van der Waals surface area contributed by atoms with Gasteiger partial charge >= 0.3 is 5.97 Å². The summed E-state index contributed by atoms with van der Waals surface area (Å²) in [6.45, 7) is 10.7. The van der Waals surface area contributed by atoms with E-state index in [1.165, 1.54) is 11.3 Å². The third-order valence-electron chi connectivity index (χ3n) is 4.63. The number of thiazole rings is 1. The molecule has 0 saturated heterocycles. The number of esters is 1. The van der Waals surface area contributed by atoms with E-state index in [1.807, 2.05) is 19.9 Å². The molecule has 2 aromatic heterocycles. The molecule has 2 heterocycles. The number of guanidine groups is 1. The molecule has 0 bridgehead atoms. The number of carbonyl (C=O) groups excluding carboxylic acids is 1. The second-order valence-corrected chi connectivity index (χ2v) is 7.74. The Kier molecular flexibility index (Phi) is 8.63. The highest BCUT2D eigenvalue weighted by molar-refractivity contribution is 7.13. The van der Waals surface area contributed by atoms with Gasteiger partial charge < -0.3 is 19.9 Å². The predicted octanol–water partition coefficient (Wildman–Crippen LogP) is 3.95. The maximum atomic E-state index is 12.0. The molecular weight excluding hydrogens is 390 g/mol. The van der Waals surface area contributed by atoms with Crippen molar-refractivity contribution in [3.05, 3.63) is 33.1 Å². The largest absolute Gasteiger partial charge is 0.462 e. The zero-order valence-corrected chi connectivity index (χ0v) is 18.9. The van der Waals surface area contributed by atoms with Crippen LogP contribution in [0.25, 0.3) is 0 Å². The second kappa shape index (κ2) is 10.9. The fraction of sp³-hybridized carbons (Fsp3) is 0.600. The van der Waals surface area contributed by atoms with Gasteiger partial charge in [-0.15, -0.1) is 11.3 Å². The van der Waals surface area contributed by atoms with Crippen molar-refractivity contribution in [3.8, 4) is 0 Å². The Balaban J connectivity index is 1.96. The summed E-state index contributed by atoms with van der Waals surface area (Å²) in [6.07, 6.45) is 2.08. The van der Waals surface area contributed by atoms with E-state index >= 15 is 0 Å². The van der Waals surface area contributed by atoms with Gasteiger partial charge in [0.1, 0.15) is 9.88 Å². The van der Waals surface area contributed by atoms with Gasteiger partial charge in [-0.2, -0.15) is 0 Å². The number of carbonyl (C=O) groups is 1. The molecule has 1 unspecified atom stereocenters. The van der Waals surface area contributed by atoms with Gasteiger partial charge in [0.2, 0.25) is 0 Å². The van der Waals surface area contributed by atoms with Crippen molar-refractivity contribution in [2.75, 3.05) is 13.7 Å². The van der Waals surface area contributed by atoms with Crippen molar-refractivity contribution in [1.82, 2.24) is 20.8 Å². The number of aryl methyl sites for hydroxylation is 1. The van der Waals surface area contributed by atoms with E-state index < -0.39 is 0 Å². The fourth-order valence-electron chi connectivity index (χ4n) is 2.93. The van der Waals surface area contributed by atoms with Crippen molar-refractivity contribution in [1.29, 1.82) is 0 Å². The smallest absolute Gasteiger partial charge is 0.350 e. The van der Waals surface area contributed by atoms with Crippen LogP contribution < -0.4 is 10.6 Å². The molecule has 0 aliphatic rings. The molecule has 8 nitrogen and oxygen atoms in total. The van der Waals surface area contributed by atoms with Gasteiger partial charge in [-0.25, -0.2) is 9.78 Å². The van der Waals surface area contributed by atoms with Crippen molar-refractivity contribution in [3.63, 3.8) is 0 Å². The number of ether oxygens (including phenoxy) is 1. The molecule has 0 spiro atoms. The van der Waals surface area contributed by atoms with Crippen LogP contribution in [-0.4, -0.2) is 35.7 Å². The first kappa shape index (κ1) is 22.9. The number of aromatic nitrogens is 2. The molecular formula is C20H31N5O3S. The van der Waals surface area contributed by atoms with Gasteiger partial charge in [0.15, 0.2) is 11.7 Å². The molecule has 2 aromatic rings. The lowest BCUT2D eigenvalue weighted by molar-refractivity contribution is 0.0531. The van der Waals surface area contributed by atoms with E-state index in [-0.39, 0.29) is 12.0 Å². The first-order valence-corrected chi connectivity index (χ1v) is 10.8. The number of rotatable bonds is 9. The van der Waals surface area contributed by atoms with Crippen LogP contribution in [0.2, 0.25) is 0 Å². The van der Waals surface area contributed by atoms with E-state index in [0.29, 0.717) is 35.6 Å². The molecule has 0 aromatic carbocycles. The van der Waals surface area contributed by atoms with E-state index in [9.17, 15) is 4.79 Å². The lowest BCUT2D eigenvalue weighted by atomic mass is 9.99. The summed E-state index contributed by atoms with van der Waals surface area (Å²) in [5.74, 6) is 1.47. The van der Waals surface area contributed by atoms with Crippen LogP contribution in [0.4, 0.5) is 0 Å². The van der Waals surface area contributed by atoms with Crippen LogP contribution in [-0.2, 0) is 11.3 Å². The highest BCUT2D eigenvalue weighted by Gasteiger charge is 2.20. The van der Waals surface area contributed by atoms with Gasteiger partial charge in [-0.1, -0.05) is 19.0 Å². The Bertz CT molecular complexity index is 826. The summed E-state index contributed by atoms with van der Waals surface area (Å²) in [5, 5.41) is 11.5. The first-order valence-electron chi connectivity index (χ1n) is 10.00. The summed E-state index contributed by atoms with van der Waals surface area (Å²) in [7, 11) is 1.70. The van der Waals surface area contributed by atoms with Gasteiger partial charge in [-0.05, 0) is 33.6 Å². The Hall–Kier alpha value is -2.42. The SMILES string of the molecule is CCOC(=O)c1sc(C(C)NC(=NC)NCc2cc(C(CC)CC)no2)nc1C.